The number of benzene rings is 2. The van der Waals surface area contributed by atoms with Gasteiger partial charge in [-0.15, -0.1) is 4.59 Å². The van der Waals surface area contributed by atoms with Crippen LogP contribution in [0.4, 0.5) is 15.9 Å². The van der Waals surface area contributed by atoms with E-state index in [1.165, 1.54) is 24.5 Å². The highest BCUT2D eigenvalue weighted by Gasteiger charge is 2.38. The summed E-state index contributed by atoms with van der Waals surface area (Å²) in [5.41, 5.74) is 6.55. The number of aromatic nitrogens is 2. The first-order valence-electron chi connectivity index (χ1n) is 12.5. The number of likely N-dealkylation sites (tertiary alicyclic amines) is 1. The number of ether oxygens (including phenoxy) is 1. The molecule has 1 fully saturated rings. The minimum Gasteiger partial charge on any atom is -0.493 e. The van der Waals surface area contributed by atoms with E-state index in [4.69, 9.17) is 10.5 Å². The number of anilines is 1. The largest absolute Gasteiger partial charge is 0.493 e. The second-order valence-corrected chi connectivity index (χ2v) is 9.38. The van der Waals surface area contributed by atoms with Crippen LogP contribution in [0.5, 0.6) is 5.75 Å². The van der Waals surface area contributed by atoms with Crippen molar-refractivity contribution >= 4 is 28.3 Å². The lowest BCUT2D eigenvalue weighted by Crippen LogP contribution is -2.44. The van der Waals surface area contributed by atoms with Crippen LogP contribution in [0.2, 0.25) is 0 Å². The first-order valence-corrected chi connectivity index (χ1v) is 12.5. The standard InChI is InChI=1S/C26H29FN8O3/c27-18-4-1-6-20(12-18)35(14-24(28)37)15-25(32-33-35)31-26-22-8-7-21(13-23(22)29-17-30-26)38-11-3-10-34-9-2-5-19(34)16-36/h1,4,6-8,12-13,15,17,19,36H,2-3,5,9-11,14,16H2,(H2-,28,29,30,31,37)/p+1/t19-,35?/m0/s1. The Labute approximate surface area is 219 Å². The summed E-state index contributed by atoms with van der Waals surface area (Å²) in [6.45, 7) is 2.46. The first kappa shape index (κ1) is 25.6. The number of nitrogens with zero attached hydrogens (tertiary/aromatic N) is 6. The Kier molecular flexibility index (Phi) is 7.54. The summed E-state index contributed by atoms with van der Waals surface area (Å²) in [5.74, 6) is 0.456. The molecule has 198 valence electrons. The van der Waals surface area contributed by atoms with E-state index in [1.807, 2.05) is 18.2 Å². The van der Waals surface area contributed by atoms with E-state index >= 15 is 0 Å². The Morgan fingerprint density at radius 2 is 2.16 bits per heavy atom. The molecule has 0 bridgehead atoms. The molecule has 11 nitrogen and oxygen atoms in total. The number of rotatable bonds is 11. The van der Waals surface area contributed by atoms with Gasteiger partial charge in [0, 0.05) is 41.4 Å². The molecule has 3 aromatic rings. The van der Waals surface area contributed by atoms with Crippen molar-refractivity contribution in [3.63, 3.8) is 0 Å². The fourth-order valence-corrected chi connectivity index (χ4v) is 4.89. The lowest BCUT2D eigenvalue weighted by molar-refractivity contribution is -0.118. The molecule has 0 saturated carbocycles. The summed E-state index contributed by atoms with van der Waals surface area (Å²) >= 11 is 0. The third-order valence-corrected chi connectivity index (χ3v) is 6.72. The van der Waals surface area contributed by atoms with Crippen LogP contribution < -0.4 is 20.4 Å². The molecule has 5 rings (SSSR count). The van der Waals surface area contributed by atoms with E-state index in [9.17, 15) is 14.3 Å². The molecular formula is C26H30FN8O3+. The molecule has 2 aromatic carbocycles. The third-order valence-electron chi connectivity index (χ3n) is 6.72. The summed E-state index contributed by atoms with van der Waals surface area (Å²) in [4.78, 5) is 22.8. The number of carbonyl (C=O) groups excluding carboxylic acids is 1. The number of hydrogen-bond donors (Lipinski definition) is 3. The van der Waals surface area contributed by atoms with Gasteiger partial charge >= 0.3 is 0 Å². The fraction of sp³-hybridized carbons (Fsp3) is 0.346. The molecule has 1 aromatic heterocycles. The molecule has 2 aliphatic rings. The Morgan fingerprint density at radius 3 is 2.97 bits per heavy atom. The van der Waals surface area contributed by atoms with Crippen molar-refractivity contribution < 1.29 is 19.0 Å². The van der Waals surface area contributed by atoms with Crippen LogP contribution in [0.25, 0.3) is 10.9 Å². The van der Waals surface area contributed by atoms with Gasteiger partial charge in [-0.05, 0) is 44.0 Å². The minimum atomic E-state index is -0.612. The topological polar surface area (TPSA) is 138 Å². The molecule has 1 unspecified atom stereocenters. The van der Waals surface area contributed by atoms with E-state index in [0.717, 1.165) is 37.7 Å². The number of nitrogens with one attached hydrogen (secondary N) is 1. The SMILES string of the molecule is NC(=O)C[N+]1(c2cccc(F)c2)C=C(Nc2ncnc3cc(OCCCN4CCC[C@H]4CO)ccc23)N=N1. The van der Waals surface area contributed by atoms with Crippen molar-refractivity contribution in [3.05, 3.63) is 66.6 Å². The monoisotopic (exact) mass is 521 g/mol. The van der Waals surface area contributed by atoms with Gasteiger partial charge in [-0.3, -0.25) is 9.69 Å². The number of carbonyl (C=O) groups is 1. The van der Waals surface area contributed by atoms with Crippen LogP contribution in [-0.4, -0.2) is 64.8 Å². The number of aliphatic hydroxyl groups excluding tert-OH is 1. The van der Waals surface area contributed by atoms with Crippen molar-refractivity contribution in [3.8, 4) is 5.75 Å². The Balaban J connectivity index is 1.28. The van der Waals surface area contributed by atoms with Gasteiger partial charge in [0.15, 0.2) is 18.4 Å². The highest BCUT2D eigenvalue weighted by molar-refractivity contribution is 5.90. The van der Waals surface area contributed by atoms with Gasteiger partial charge in [0.05, 0.1) is 18.7 Å². The average molecular weight is 522 g/mol. The maximum Gasteiger partial charge on any atom is 0.276 e. The van der Waals surface area contributed by atoms with E-state index in [1.54, 1.807) is 12.3 Å². The predicted octanol–water partition coefficient (Wildman–Crippen LogP) is 3.08. The number of quaternary nitrogens is 1. The van der Waals surface area contributed by atoms with Gasteiger partial charge in [0.1, 0.15) is 23.7 Å². The van der Waals surface area contributed by atoms with Crippen LogP contribution >= 0.6 is 0 Å². The van der Waals surface area contributed by atoms with Gasteiger partial charge in [-0.25, -0.2) is 14.4 Å². The molecule has 0 radical (unpaired) electrons. The van der Waals surface area contributed by atoms with Crippen molar-refractivity contribution in [1.29, 1.82) is 0 Å². The van der Waals surface area contributed by atoms with Gasteiger partial charge in [-0.1, -0.05) is 11.2 Å². The van der Waals surface area contributed by atoms with Crippen molar-refractivity contribution in [2.45, 2.75) is 25.3 Å². The number of hydrogen-bond acceptors (Lipinski definition) is 9. The zero-order chi connectivity index (χ0) is 26.5. The van der Waals surface area contributed by atoms with E-state index in [2.05, 4.69) is 30.5 Å². The third kappa shape index (κ3) is 5.62. The molecule has 0 spiro atoms. The van der Waals surface area contributed by atoms with Crippen LogP contribution in [0, 0.1) is 5.82 Å². The molecule has 0 aliphatic carbocycles. The van der Waals surface area contributed by atoms with E-state index < -0.39 is 16.3 Å². The Bertz CT molecular complexity index is 1380. The van der Waals surface area contributed by atoms with Crippen LogP contribution in [0.3, 0.4) is 0 Å². The molecule has 1 saturated heterocycles. The van der Waals surface area contributed by atoms with Gasteiger partial charge in [0.25, 0.3) is 5.91 Å². The number of aliphatic hydroxyl groups is 1. The molecule has 3 heterocycles. The molecule has 2 atom stereocenters. The maximum absolute atomic E-state index is 13.9. The fourth-order valence-electron chi connectivity index (χ4n) is 4.89. The van der Waals surface area contributed by atoms with Crippen LogP contribution in [0.1, 0.15) is 19.3 Å². The normalized spacial score (nSPS) is 21.1. The predicted molar refractivity (Wildman–Crippen MR) is 140 cm³/mol. The highest BCUT2D eigenvalue weighted by Crippen LogP contribution is 2.32. The molecule has 38 heavy (non-hydrogen) atoms. The van der Waals surface area contributed by atoms with E-state index in [-0.39, 0.29) is 19.2 Å². The number of nitrogens with two attached hydrogens (primary N) is 1. The van der Waals surface area contributed by atoms with Crippen molar-refractivity contribution in [1.82, 2.24) is 19.5 Å². The summed E-state index contributed by atoms with van der Waals surface area (Å²) in [5, 5.41) is 21.7. The highest BCUT2D eigenvalue weighted by atomic mass is 19.1. The number of amides is 1. The summed E-state index contributed by atoms with van der Waals surface area (Å²) in [7, 11) is 0. The van der Waals surface area contributed by atoms with E-state index in [0.29, 0.717) is 35.2 Å². The lowest BCUT2D eigenvalue weighted by atomic mass is 10.2. The van der Waals surface area contributed by atoms with Gasteiger partial charge < -0.3 is 20.9 Å². The van der Waals surface area contributed by atoms with Crippen molar-refractivity contribution in [2.24, 2.45) is 16.1 Å². The zero-order valence-electron chi connectivity index (χ0n) is 20.8. The van der Waals surface area contributed by atoms with Crippen molar-refractivity contribution in [2.75, 3.05) is 38.2 Å². The summed E-state index contributed by atoms with van der Waals surface area (Å²) in [6, 6.07) is 11.6. The molecule has 1 amide bonds. The number of primary amides is 1. The Morgan fingerprint density at radius 1 is 1.26 bits per heavy atom. The maximum atomic E-state index is 13.9. The van der Waals surface area contributed by atoms with Crippen LogP contribution in [0.15, 0.2) is 71.2 Å². The van der Waals surface area contributed by atoms with Crippen LogP contribution in [-0.2, 0) is 4.79 Å². The molecule has 2 aliphatic heterocycles. The van der Waals surface area contributed by atoms with Gasteiger partial charge in [-0.2, -0.15) is 0 Å². The summed E-state index contributed by atoms with van der Waals surface area (Å²) < 4.78 is 19.5. The molecule has 4 N–H and O–H groups in total. The average Bonchev–Trinajstić information content (AvgIpc) is 3.53. The molecule has 12 heteroatoms. The molecular weight excluding hydrogens is 491 g/mol. The lowest BCUT2D eigenvalue weighted by Gasteiger charge is -2.22. The van der Waals surface area contributed by atoms with Gasteiger partial charge in [0.2, 0.25) is 5.82 Å². The quantitative estimate of drug-likeness (QED) is 0.260. The number of halogens is 1. The zero-order valence-corrected chi connectivity index (χ0v) is 20.8. The minimum absolute atomic E-state index is 0.204. The Hall–Kier alpha value is -4.00. The summed E-state index contributed by atoms with van der Waals surface area (Å²) in [6.07, 6.45) is 6.06. The second-order valence-electron chi connectivity index (χ2n) is 9.38. The first-order chi connectivity index (χ1) is 18.5. The smallest absolute Gasteiger partial charge is 0.276 e. The number of fused-ring (bicyclic) bond motifs is 1. The second kappa shape index (κ2) is 11.2.